The third kappa shape index (κ3) is 4.47. The van der Waals surface area contributed by atoms with Gasteiger partial charge in [-0.1, -0.05) is 48.1 Å². The first kappa shape index (κ1) is 18.5. The molecule has 0 bridgehead atoms. The first-order valence-corrected chi connectivity index (χ1v) is 8.78. The highest BCUT2D eigenvalue weighted by atomic mass is 35.5. The van der Waals surface area contributed by atoms with Crippen molar-refractivity contribution in [3.05, 3.63) is 26.7 Å². The summed E-state index contributed by atoms with van der Waals surface area (Å²) in [4.78, 5) is 11.8. The van der Waals surface area contributed by atoms with Crippen molar-refractivity contribution in [2.75, 3.05) is 0 Å². The number of hydrogen-bond acceptors (Lipinski definition) is 3. The first-order chi connectivity index (χ1) is 9.59. The Kier molecular flexibility index (Phi) is 6.31. The van der Waals surface area contributed by atoms with Gasteiger partial charge >= 0.3 is 0 Å². The monoisotopic (exact) mass is 372 g/mol. The van der Waals surface area contributed by atoms with Crippen LogP contribution in [0.2, 0.25) is 15.1 Å². The molecule has 0 saturated heterocycles. The molecule has 1 rings (SSSR count). The van der Waals surface area contributed by atoms with Crippen LogP contribution in [0.1, 0.15) is 37.0 Å². The Balaban J connectivity index is 3.36. The Bertz CT molecular complexity index is 662. The van der Waals surface area contributed by atoms with E-state index in [0.717, 1.165) is 18.9 Å². The van der Waals surface area contributed by atoms with Crippen molar-refractivity contribution in [3.63, 3.8) is 0 Å². The number of primary sulfonamides is 1. The van der Waals surface area contributed by atoms with E-state index in [-0.39, 0.29) is 26.7 Å². The zero-order valence-corrected chi connectivity index (χ0v) is 14.5. The molecule has 0 fully saturated rings. The summed E-state index contributed by atoms with van der Waals surface area (Å²) in [7, 11) is -4.12. The van der Waals surface area contributed by atoms with Crippen LogP contribution in [0.5, 0.6) is 0 Å². The highest BCUT2D eigenvalue weighted by molar-refractivity contribution is 7.89. The summed E-state index contributed by atoms with van der Waals surface area (Å²) in [5, 5.41) is 7.16. The van der Waals surface area contributed by atoms with Crippen molar-refractivity contribution in [2.45, 2.75) is 37.6 Å². The minimum absolute atomic E-state index is 0.113. The van der Waals surface area contributed by atoms with Gasteiger partial charge in [-0.2, -0.15) is 0 Å². The summed E-state index contributed by atoms with van der Waals surface area (Å²) in [6.45, 7) is 3.79. The number of carbonyl (C=O) groups excluding carboxylic acids is 1. The normalized spacial score (nSPS) is 13.0. The molecular weight excluding hydrogens is 359 g/mol. The number of nitrogens with two attached hydrogens (primary N) is 1. The van der Waals surface area contributed by atoms with Gasteiger partial charge in [0, 0.05) is 6.04 Å². The van der Waals surface area contributed by atoms with E-state index < -0.39 is 20.8 Å². The molecule has 5 nitrogen and oxygen atoms in total. The van der Waals surface area contributed by atoms with Gasteiger partial charge in [-0.25, -0.2) is 13.6 Å². The van der Waals surface area contributed by atoms with Gasteiger partial charge in [-0.3, -0.25) is 4.79 Å². The maximum absolute atomic E-state index is 12.2. The first-order valence-electron chi connectivity index (χ1n) is 6.10. The minimum Gasteiger partial charge on any atom is -0.349 e. The molecule has 1 aromatic rings. The van der Waals surface area contributed by atoms with E-state index in [1.54, 1.807) is 0 Å². The summed E-state index contributed by atoms with van der Waals surface area (Å²) in [5.74, 6) is -0.599. The smallest absolute Gasteiger partial charge is 0.254 e. The van der Waals surface area contributed by atoms with E-state index in [9.17, 15) is 13.2 Å². The van der Waals surface area contributed by atoms with Gasteiger partial charge in [0.1, 0.15) is 4.90 Å². The molecule has 3 N–H and O–H groups in total. The van der Waals surface area contributed by atoms with Gasteiger partial charge in [0.2, 0.25) is 10.0 Å². The standard InChI is InChI=1S/C12H15Cl3N2O3S/c1-3-4-6(2)17-12(18)9-10(14)7(13)5-8(11(9)15)21(16,19)20/h5-6H,3-4H2,1-2H3,(H,17,18)(H2,16,19,20). The van der Waals surface area contributed by atoms with Gasteiger partial charge in [0.15, 0.2) is 0 Å². The molecule has 1 aromatic carbocycles. The molecule has 118 valence electrons. The van der Waals surface area contributed by atoms with Crippen LogP contribution in [0.25, 0.3) is 0 Å². The molecule has 21 heavy (non-hydrogen) atoms. The highest BCUT2D eigenvalue weighted by Gasteiger charge is 2.25. The maximum atomic E-state index is 12.2. The average Bonchev–Trinajstić information content (AvgIpc) is 2.32. The molecule has 1 amide bonds. The van der Waals surface area contributed by atoms with Gasteiger partial charge in [0.05, 0.1) is 20.6 Å². The number of halogens is 3. The topological polar surface area (TPSA) is 89.3 Å². The fraction of sp³-hybridized carbons (Fsp3) is 0.417. The number of sulfonamides is 1. The van der Waals surface area contributed by atoms with Gasteiger partial charge in [-0.15, -0.1) is 0 Å². The zero-order chi connectivity index (χ0) is 16.4. The van der Waals surface area contributed by atoms with Crippen LogP contribution in [-0.4, -0.2) is 20.4 Å². The molecule has 0 aliphatic heterocycles. The lowest BCUT2D eigenvalue weighted by atomic mass is 10.1. The third-order valence-electron chi connectivity index (χ3n) is 2.76. The summed E-state index contributed by atoms with van der Waals surface area (Å²) in [5.41, 5.74) is -0.196. The maximum Gasteiger partial charge on any atom is 0.254 e. The highest BCUT2D eigenvalue weighted by Crippen LogP contribution is 2.36. The third-order valence-corrected chi connectivity index (χ3v) is 4.98. The summed E-state index contributed by atoms with van der Waals surface area (Å²) < 4.78 is 23.0. The van der Waals surface area contributed by atoms with Gasteiger partial charge in [0.25, 0.3) is 5.91 Å². The Hall–Kier alpha value is -0.530. The van der Waals surface area contributed by atoms with Crippen molar-refractivity contribution < 1.29 is 13.2 Å². The minimum atomic E-state index is -4.12. The van der Waals surface area contributed by atoms with Gasteiger partial charge in [-0.05, 0) is 19.4 Å². The molecule has 9 heteroatoms. The molecule has 0 aliphatic rings. The summed E-state index contributed by atoms with van der Waals surface area (Å²) in [6.07, 6.45) is 1.63. The second-order valence-electron chi connectivity index (χ2n) is 4.57. The molecule has 0 heterocycles. The predicted octanol–water partition coefficient (Wildman–Crippen LogP) is 3.21. The van der Waals surface area contributed by atoms with Crippen LogP contribution >= 0.6 is 34.8 Å². The Labute approximate surface area is 138 Å². The van der Waals surface area contributed by atoms with Crippen LogP contribution < -0.4 is 10.5 Å². The molecule has 1 atom stereocenters. The van der Waals surface area contributed by atoms with Crippen LogP contribution in [0.4, 0.5) is 0 Å². The van der Waals surface area contributed by atoms with E-state index in [4.69, 9.17) is 39.9 Å². The van der Waals surface area contributed by atoms with E-state index in [1.165, 1.54) is 0 Å². The molecule has 0 aliphatic carbocycles. The van der Waals surface area contributed by atoms with E-state index in [2.05, 4.69) is 5.32 Å². The van der Waals surface area contributed by atoms with Crippen molar-refractivity contribution in [3.8, 4) is 0 Å². The lowest BCUT2D eigenvalue weighted by Gasteiger charge is -2.16. The quantitative estimate of drug-likeness (QED) is 0.777. The van der Waals surface area contributed by atoms with Crippen LogP contribution in [-0.2, 0) is 10.0 Å². The van der Waals surface area contributed by atoms with Crippen molar-refractivity contribution in [1.82, 2.24) is 5.32 Å². The number of hydrogen-bond donors (Lipinski definition) is 2. The van der Waals surface area contributed by atoms with Crippen LogP contribution in [0, 0.1) is 0 Å². The molecule has 1 unspecified atom stereocenters. The largest absolute Gasteiger partial charge is 0.349 e. The SMILES string of the molecule is CCCC(C)NC(=O)c1c(Cl)c(Cl)cc(S(N)(=O)=O)c1Cl. The summed E-state index contributed by atoms with van der Waals surface area (Å²) in [6, 6.07) is 0.903. The van der Waals surface area contributed by atoms with Crippen molar-refractivity contribution in [1.29, 1.82) is 0 Å². The Morgan fingerprint density at radius 1 is 1.33 bits per heavy atom. The predicted molar refractivity (Wildman–Crippen MR) is 84.7 cm³/mol. The number of amides is 1. The Morgan fingerprint density at radius 3 is 2.38 bits per heavy atom. The van der Waals surface area contributed by atoms with Crippen molar-refractivity contribution in [2.24, 2.45) is 5.14 Å². The molecule has 0 radical (unpaired) electrons. The second kappa shape index (κ2) is 7.15. The van der Waals surface area contributed by atoms with Crippen molar-refractivity contribution >= 4 is 50.7 Å². The van der Waals surface area contributed by atoms with Crippen LogP contribution in [0.3, 0.4) is 0 Å². The van der Waals surface area contributed by atoms with E-state index >= 15 is 0 Å². The fourth-order valence-electron chi connectivity index (χ4n) is 1.79. The van der Waals surface area contributed by atoms with Gasteiger partial charge < -0.3 is 5.32 Å². The lowest BCUT2D eigenvalue weighted by Crippen LogP contribution is -2.33. The fourth-order valence-corrected chi connectivity index (χ4v) is 3.53. The molecule has 0 spiro atoms. The lowest BCUT2D eigenvalue weighted by molar-refractivity contribution is 0.0938. The number of nitrogens with one attached hydrogen (secondary N) is 1. The van der Waals surface area contributed by atoms with Crippen LogP contribution in [0.15, 0.2) is 11.0 Å². The number of rotatable bonds is 5. The second-order valence-corrected chi connectivity index (χ2v) is 7.26. The number of carbonyl (C=O) groups is 1. The molecule has 0 aromatic heterocycles. The number of benzene rings is 1. The zero-order valence-electron chi connectivity index (χ0n) is 11.4. The van der Waals surface area contributed by atoms with E-state index in [1.807, 2.05) is 13.8 Å². The molecule has 0 saturated carbocycles. The van der Waals surface area contributed by atoms with E-state index in [0.29, 0.717) is 0 Å². The Morgan fingerprint density at radius 2 is 1.90 bits per heavy atom. The molecular formula is C12H15Cl3N2O3S. The average molecular weight is 374 g/mol. The summed E-state index contributed by atoms with van der Waals surface area (Å²) >= 11 is 17.8.